The van der Waals surface area contributed by atoms with Gasteiger partial charge in [-0.25, -0.2) is 4.79 Å². The molecule has 0 fully saturated rings. The first-order valence-corrected chi connectivity index (χ1v) is 9.45. The second-order valence-corrected chi connectivity index (χ2v) is 6.96. The number of ether oxygens (including phenoxy) is 1. The van der Waals surface area contributed by atoms with Gasteiger partial charge in [0.2, 0.25) is 0 Å². The molecule has 0 aliphatic carbocycles. The van der Waals surface area contributed by atoms with Crippen molar-refractivity contribution >= 4 is 34.0 Å². The Kier molecular flexibility index (Phi) is 5.02. The lowest BCUT2D eigenvalue weighted by Crippen LogP contribution is -2.19. The number of carbonyl (C=O) groups is 1. The highest BCUT2D eigenvalue weighted by molar-refractivity contribution is 6.09. The molecule has 1 amide bonds. The average molecular weight is 402 g/mol. The molecule has 0 unspecified atom stereocenters. The van der Waals surface area contributed by atoms with E-state index in [1.165, 1.54) is 0 Å². The summed E-state index contributed by atoms with van der Waals surface area (Å²) in [5.41, 5.74) is 4.11. The number of imidazole rings is 1. The van der Waals surface area contributed by atoms with Crippen LogP contribution in [0.5, 0.6) is 5.75 Å². The molecule has 30 heavy (non-hydrogen) atoms. The van der Waals surface area contributed by atoms with Crippen LogP contribution in [0.4, 0.5) is 17.1 Å². The lowest BCUT2D eigenvalue weighted by molar-refractivity contribution is 0.102. The third-order valence-electron chi connectivity index (χ3n) is 5.07. The van der Waals surface area contributed by atoms with Gasteiger partial charge in [-0.2, -0.15) is 0 Å². The van der Waals surface area contributed by atoms with Crippen LogP contribution in [0.1, 0.15) is 10.4 Å². The Labute approximate surface area is 173 Å². The predicted octanol–water partition coefficient (Wildman–Crippen LogP) is 3.88. The molecular formula is C23H22N4O3. The Balaban J connectivity index is 1.60. The first-order valence-electron chi connectivity index (χ1n) is 9.45. The number of fused-ring (bicyclic) bond motifs is 1. The lowest BCUT2D eigenvalue weighted by Gasteiger charge is -2.13. The van der Waals surface area contributed by atoms with E-state index < -0.39 is 0 Å². The van der Waals surface area contributed by atoms with Gasteiger partial charge in [-0.1, -0.05) is 12.1 Å². The summed E-state index contributed by atoms with van der Waals surface area (Å²) in [6, 6.07) is 20.2. The molecule has 3 aromatic carbocycles. The molecule has 1 heterocycles. The Hall–Kier alpha value is -4.00. The Morgan fingerprint density at radius 1 is 0.867 bits per heavy atom. The highest BCUT2D eigenvalue weighted by Gasteiger charge is 2.13. The fraction of sp³-hybridized carbons (Fsp3) is 0.130. The Morgan fingerprint density at radius 2 is 1.53 bits per heavy atom. The Bertz CT molecular complexity index is 1290. The molecule has 0 bridgehead atoms. The van der Waals surface area contributed by atoms with Crippen molar-refractivity contribution in [2.75, 3.05) is 17.7 Å². The number of hydrogen-bond donors (Lipinski definition) is 2. The molecule has 0 radical (unpaired) electrons. The largest absolute Gasteiger partial charge is 0.497 e. The molecule has 0 saturated heterocycles. The van der Waals surface area contributed by atoms with Crippen LogP contribution in [-0.4, -0.2) is 22.2 Å². The van der Waals surface area contributed by atoms with Crippen LogP contribution in [0, 0.1) is 0 Å². The zero-order chi connectivity index (χ0) is 21.3. The number of para-hydroxylation sites is 1. The molecule has 0 spiro atoms. The van der Waals surface area contributed by atoms with Gasteiger partial charge < -0.3 is 15.4 Å². The maximum absolute atomic E-state index is 13.0. The zero-order valence-corrected chi connectivity index (χ0v) is 17.0. The van der Waals surface area contributed by atoms with Crippen molar-refractivity contribution in [2.45, 2.75) is 0 Å². The third-order valence-corrected chi connectivity index (χ3v) is 5.07. The minimum Gasteiger partial charge on any atom is -0.497 e. The fourth-order valence-corrected chi connectivity index (χ4v) is 3.40. The molecule has 0 atom stereocenters. The number of nitrogens with zero attached hydrogens (tertiary/aromatic N) is 2. The number of benzene rings is 3. The first-order chi connectivity index (χ1) is 14.5. The SMILES string of the molecule is COc1ccc(Nc2ccccc2C(=O)Nc2ccc3c(c2)n(C)c(=O)n3C)cc1. The highest BCUT2D eigenvalue weighted by atomic mass is 16.5. The van der Waals surface area contributed by atoms with Crippen LogP contribution in [0.15, 0.2) is 71.5 Å². The first kappa shape index (κ1) is 19.3. The molecular weight excluding hydrogens is 380 g/mol. The predicted molar refractivity (Wildman–Crippen MR) is 119 cm³/mol. The summed E-state index contributed by atoms with van der Waals surface area (Å²) in [5, 5.41) is 6.20. The van der Waals surface area contributed by atoms with Crippen molar-refractivity contribution in [3.05, 3.63) is 82.8 Å². The van der Waals surface area contributed by atoms with Gasteiger partial charge in [-0.05, 0) is 54.6 Å². The lowest BCUT2D eigenvalue weighted by atomic mass is 10.1. The van der Waals surface area contributed by atoms with E-state index in [4.69, 9.17) is 4.74 Å². The minimum atomic E-state index is -0.244. The van der Waals surface area contributed by atoms with E-state index >= 15 is 0 Å². The van der Waals surface area contributed by atoms with Crippen molar-refractivity contribution in [1.82, 2.24) is 9.13 Å². The molecule has 152 valence electrons. The fourth-order valence-electron chi connectivity index (χ4n) is 3.40. The van der Waals surface area contributed by atoms with E-state index in [2.05, 4.69) is 10.6 Å². The second kappa shape index (κ2) is 7.79. The summed E-state index contributed by atoms with van der Waals surface area (Å²) in [5.74, 6) is 0.518. The smallest absolute Gasteiger partial charge is 0.328 e. The molecule has 4 aromatic rings. The van der Waals surface area contributed by atoms with Crippen LogP contribution in [-0.2, 0) is 14.1 Å². The van der Waals surface area contributed by atoms with E-state index in [1.54, 1.807) is 48.5 Å². The van der Waals surface area contributed by atoms with Crippen LogP contribution >= 0.6 is 0 Å². The van der Waals surface area contributed by atoms with Gasteiger partial charge >= 0.3 is 5.69 Å². The molecule has 2 N–H and O–H groups in total. The van der Waals surface area contributed by atoms with E-state index in [9.17, 15) is 9.59 Å². The van der Waals surface area contributed by atoms with Gasteiger partial charge in [0.1, 0.15) is 5.75 Å². The van der Waals surface area contributed by atoms with Crippen molar-refractivity contribution in [1.29, 1.82) is 0 Å². The van der Waals surface area contributed by atoms with E-state index in [-0.39, 0.29) is 11.6 Å². The summed E-state index contributed by atoms with van der Waals surface area (Å²) >= 11 is 0. The van der Waals surface area contributed by atoms with Gasteiger partial charge in [-0.3, -0.25) is 13.9 Å². The summed E-state index contributed by atoms with van der Waals surface area (Å²) in [6.45, 7) is 0. The average Bonchev–Trinajstić information content (AvgIpc) is 2.98. The number of amides is 1. The quantitative estimate of drug-likeness (QED) is 0.531. The van der Waals surface area contributed by atoms with Crippen molar-refractivity contribution < 1.29 is 9.53 Å². The van der Waals surface area contributed by atoms with E-state index in [0.717, 1.165) is 22.5 Å². The van der Waals surface area contributed by atoms with Gasteiger partial charge in [0.25, 0.3) is 5.91 Å². The number of anilines is 3. The normalized spacial score (nSPS) is 10.8. The van der Waals surface area contributed by atoms with Gasteiger partial charge in [-0.15, -0.1) is 0 Å². The summed E-state index contributed by atoms with van der Waals surface area (Å²) in [4.78, 5) is 25.1. The van der Waals surface area contributed by atoms with Crippen LogP contribution < -0.4 is 21.1 Å². The van der Waals surface area contributed by atoms with E-state index in [0.29, 0.717) is 16.9 Å². The van der Waals surface area contributed by atoms with Crippen LogP contribution in [0.2, 0.25) is 0 Å². The number of hydrogen-bond acceptors (Lipinski definition) is 4. The summed E-state index contributed by atoms with van der Waals surface area (Å²) in [7, 11) is 5.06. The summed E-state index contributed by atoms with van der Waals surface area (Å²) in [6.07, 6.45) is 0. The highest BCUT2D eigenvalue weighted by Crippen LogP contribution is 2.24. The molecule has 1 aromatic heterocycles. The second-order valence-electron chi connectivity index (χ2n) is 6.96. The molecule has 7 nitrogen and oxygen atoms in total. The number of aromatic nitrogens is 2. The van der Waals surface area contributed by atoms with Crippen LogP contribution in [0.3, 0.4) is 0 Å². The van der Waals surface area contributed by atoms with Crippen LogP contribution in [0.25, 0.3) is 11.0 Å². The number of methoxy groups -OCH3 is 1. The third kappa shape index (κ3) is 3.53. The number of carbonyl (C=O) groups excluding carboxylic acids is 1. The molecule has 4 rings (SSSR count). The number of rotatable bonds is 5. The zero-order valence-electron chi connectivity index (χ0n) is 17.0. The van der Waals surface area contributed by atoms with Gasteiger partial charge in [0, 0.05) is 25.5 Å². The molecule has 0 aliphatic rings. The Morgan fingerprint density at radius 3 is 2.27 bits per heavy atom. The molecule has 0 saturated carbocycles. The van der Waals surface area contributed by atoms with Crippen molar-refractivity contribution in [2.24, 2.45) is 14.1 Å². The topological polar surface area (TPSA) is 77.3 Å². The monoisotopic (exact) mass is 402 g/mol. The number of aryl methyl sites for hydroxylation is 2. The summed E-state index contributed by atoms with van der Waals surface area (Å²) < 4.78 is 8.32. The van der Waals surface area contributed by atoms with Gasteiger partial charge in [0.05, 0.1) is 29.4 Å². The van der Waals surface area contributed by atoms with Crippen molar-refractivity contribution in [3.8, 4) is 5.75 Å². The van der Waals surface area contributed by atoms with Crippen molar-refractivity contribution in [3.63, 3.8) is 0 Å². The maximum atomic E-state index is 13.0. The minimum absolute atomic E-state index is 0.109. The van der Waals surface area contributed by atoms with E-state index in [1.807, 2.05) is 48.5 Å². The maximum Gasteiger partial charge on any atom is 0.328 e. The molecule has 7 heteroatoms. The standard InChI is InChI=1S/C23H22N4O3/c1-26-20-13-10-16(14-21(20)27(2)23(26)29)25-22(28)18-6-4-5-7-19(18)24-15-8-11-17(30-3)12-9-15/h4-14,24H,1-3H3,(H,25,28). The molecule has 0 aliphatic heterocycles. The number of nitrogens with one attached hydrogen (secondary N) is 2. The van der Waals surface area contributed by atoms with Gasteiger partial charge in [0.15, 0.2) is 0 Å².